The SMILES string of the molecule is c1cc2c(cc1CC1CC1)OCO2. The van der Waals surface area contributed by atoms with Gasteiger partial charge in [0.25, 0.3) is 0 Å². The van der Waals surface area contributed by atoms with Crippen molar-refractivity contribution in [3.8, 4) is 11.5 Å². The molecule has 2 aliphatic rings. The van der Waals surface area contributed by atoms with E-state index in [1.807, 2.05) is 6.07 Å². The van der Waals surface area contributed by atoms with Gasteiger partial charge in [-0.2, -0.15) is 0 Å². The van der Waals surface area contributed by atoms with Gasteiger partial charge in [-0.1, -0.05) is 6.07 Å². The Morgan fingerprint density at radius 1 is 1.15 bits per heavy atom. The van der Waals surface area contributed by atoms with E-state index in [0.29, 0.717) is 6.79 Å². The smallest absolute Gasteiger partial charge is 0.231 e. The average molecular weight is 176 g/mol. The van der Waals surface area contributed by atoms with Gasteiger partial charge in [0.2, 0.25) is 6.79 Å². The molecule has 2 heteroatoms. The summed E-state index contributed by atoms with van der Waals surface area (Å²) >= 11 is 0. The molecule has 13 heavy (non-hydrogen) atoms. The molecule has 0 unspecified atom stereocenters. The van der Waals surface area contributed by atoms with Gasteiger partial charge in [-0.25, -0.2) is 0 Å². The second-order valence-corrected chi connectivity index (χ2v) is 3.84. The molecule has 1 aromatic rings. The first-order valence-corrected chi connectivity index (χ1v) is 4.80. The lowest BCUT2D eigenvalue weighted by atomic mass is 10.1. The molecule has 1 aromatic carbocycles. The first-order chi connectivity index (χ1) is 6.42. The zero-order chi connectivity index (χ0) is 8.67. The van der Waals surface area contributed by atoms with E-state index in [2.05, 4.69) is 12.1 Å². The molecule has 0 aromatic heterocycles. The summed E-state index contributed by atoms with van der Waals surface area (Å²) in [7, 11) is 0. The number of benzene rings is 1. The molecule has 1 aliphatic carbocycles. The van der Waals surface area contributed by atoms with E-state index in [4.69, 9.17) is 9.47 Å². The third-order valence-electron chi connectivity index (χ3n) is 2.66. The quantitative estimate of drug-likeness (QED) is 0.688. The van der Waals surface area contributed by atoms with Crippen molar-refractivity contribution < 1.29 is 9.47 Å². The predicted octanol–water partition coefficient (Wildman–Crippen LogP) is 2.37. The summed E-state index contributed by atoms with van der Waals surface area (Å²) in [6.45, 7) is 0.377. The maximum atomic E-state index is 5.32. The Balaban J connectivity index is 1.86. The molecule has 1 heterocycles. The lowest BCUT2D eigenvalue weighted by molar-refractivity contribution is 0.174. The maximum Gasteiger partial charge on any atom is 0.231 e. The third kappa shape index (κ3) is 1.37. The molecule has 1 saturated carbocycles. The second-order valence-electron chi connectivity index (χ2n) is 3.84. The number of hydrogen-bond acceptors (Lipinski definition) is 2. The minimum Gasteiger partial charge on any atom is -0.454 e. The van der Waals surface area contributed by atoms with Gasteiger partial charge in [0.05, 0.1) is 0 Å². The first kappa shape index (κ1) is 7.25. The number of ether oxygens (including phenoxy) is 2. The molecule has 0 spiro atoms. The summed E-state index contributed by atoms with van der Waals surface area (Å²) in [5.41, 5.74) is 1.38. The monoisotopic (exact) mass is 176 g/mol. The molecule has 1 aliphatic heterocycles. The molecule has 0 amide bonds. The van der Waals surface area contributed by atoms with Crippen molar-refractivity contribution in [3.05, 3.63) is 23.8 Å². The standard InChI is InChI=1S/C11H12O2/c1-2-8(1)5-9-3-4-10-11(6-9)13-7-12-10/h3-4,6,8H,1-2,5,7H2. The van der Waals surface area contributed by atoms with Crippen LogP contribution in [0.4, 0.5) is 0 Å². The summed E-state index contributed by atoms with van der Waals surface area (Å²) < 4.78 is 10.6. The van der Waals surface area contributed by atoms with Gasteiger partial charge in [-0.15, -0.1) is 0 Å². The highest BCUT2D eigenvalue weighted by atomic mass is 16.7. The molecular formula is C11H12O2. The summed E-state index contributed by atoms with van der Waals surface area (Å²) in [5, 5.41) is 0. The molecule has 0 N–H and O–H groups in total. The number of rotatable bonds is 2. The van der Waals surface area contributed by atoms with Crippen LogP contribution in [0.25, 0.3) is 0 Å². The fourth-order valence-corrected chi connectivity index (χ4v) is 1.72. The Morgan fingerprint density at radius 3 is 2.85 bits per heavy atom. The molecule has 68 valence electrons. The van der Waals surface area contributed by atoms with Crippen molar-refractivity contribution in [2.75, 3.05) is 6.79 Å². The fourth-order valence-electron chi connectivity index (χ4n) is 1.72. The highest BCUT2D eigenvalue weighted by Crippen LogP contribution is 2.37. The van der Waals surface area contributed by atoms with Gasteiger partial charge in [0.1, 0.15) is 0 Å². The van der Waals surface area contributed by atoms with Crippen molar-refractivity contribution in [2.45, 2.75) is 19.3 Å². The second kappa shape index (κ2) is 2.66. The zero-order valence-electron chi connectivity index (χ0n) is 7.45. The van der Waals surface area contributed by atoms with Crippen LogP contribution >= 0.6 is 0 Å². The van der Waals surface area contributed by atoms with E-state index >= 15 is 0 Å². The zero-order valence-corrected chi connectivity index (χ0v) is 7.45. The largest absolute Gasteiger partial charge is 0.454 e. The Kier molecular flexibility index (Phi) is 1.48. The first-order valence-electron chi connectivity index (χ1n) is 4.80. The molecule has 0 radical (unpaired) electrons. The average Bonchev–Trinajstić information content (AvgIpc) is 2.83. The summed E-state index contributed by atoms with van der Waals surface area (Å²) in [6, 6.07) is 6.27. The van der Waals surface area contributed by atoms with E-state index in [9.17, 15) is 0 Å². The van der Waals surface area contributed by atoms with Crippen molar-refractivity contribution in [3.63, 3.8) is 0 Å². The van der Waals surface area contributed by atoms with Crippen LogP contribution in [0.15, 0.2) is 18.2 Å². The topological polar surface area (TPSA) is 18.5 Å². The van der Waals surface area contributed by atoms with Gasteiger partial charge < -0.3 is 9.47 Å². The van der Waals surface area contributed by atoms with Crippen LogP contribution in [-0.2, 0) is 6.42 Å². The molecular weight excluding hydrogens is 164 g/mol. The van der Waals surface area contributed by atoms with Crippen LogP contribution < -0.4 is 9.47 Å². The summed E-state index contributed by atoms with van der Waals surface area (Å²) in [5.74, 6) is 2.73. The molecule has 0 atom stereocenters. The summed E-state index contributed by atoms with van der Waals surface area (Å²) in [4.78, 5) is 0. The maximum absolute atomic E-state index is 5.32. The molecule has 1 fully saturated rings. The van der Waals surface area contributed by atoms with Gasteiger partial charge in [0, 0.05) is 0 Å². The Hall–Kier alpha value is -1.18. The summed E-state index contributed by atoms with van der Waals surface area (Å²) in [6.07, 6.45) is 4.00. The van der Waals surface area contributed by atoms with E-state index in [1.165, 1.54) is 24.8 Å². The lowest BCUT2D eigenvalue weighted by Gasteiger charge is -2.00. The van der Waals surface area contributed by atoms with Gasteiger partial charge in [0.15, 0.2) is 11.5 Å². The van der Waals surface area contributed by atoms with E-state index in [-0.39, 0.29) is 0 Å². The van der Waals surface area contributed by atoms with E-state index in [1.54, 1.807) is 0 Å². The van der Waals surface area contributed by atoms with Crippen molar-refractivity contribution in [2.24, 2.45) is 5.92 Å². The Bertz CT molecular complexity index is 329. The van der Waals surface area contributed by atoms with Crippen LogP contribution in [0.1, 0.15) is 18.4 Å². The normalized spacial score (nSPS) is 19.1. The molecule has 0 saturated heterocycles. The van der Waals surface area contributed by atoms with Crippen LogP contribution in [0, 0.1) is 5.92 Å². The highest BCUT2D eigenvalue weighted by molar-refractivity contribution is 5.44. The fraction of sp³-hybridized carbons (Fsp3) is 0.455. The molecule has 3 rings (SSSR count). The highest BCUT2D eigenvalue weighted by Gasteiger charge is 2.22. The van der Waals surface area contributed by atoms with Crippen LogP contribution in [0.5, 0.6) is 11.5 Å². The van der Waals surface area contributed by atoms with Crippen molar-refractivity contribution in [1.82, 2.24) is 0 Å². The van der Waals surface area contributed by atoms with Crippen LogP contribution in [-0.4, -0.2) is 6.79 Å². The van der Waals surface area contributed by atoms with Crippen LogP contribution in [0.2, 0.25) is 0 Å². The van der Waals surface area contributed by atoms with Gasteiger partial charge >= 0.3 is 0 Å². The van der Waals surface area contributed by atoms with Gasteiger partial charge in [-0.3, -0.25) is 0 Å². The molecule has 0 bridgehead atoms. The molecule has 2 nitrogen and oxygen atoms in total. The number of hydrogen-bond donors (Lipinski definition) is 0. The third-order valence-corrected chi connectivity index (χ3v) is 2.66. The van der Waals surface area contributed by atoms with Crippen molar-refractivity contribution >= 4 is 0 Å². The Labute approximate surface area is 77.5 Å². The van der Waals surface area contributed by atoms with E-state index < -0.39 is 0 Å². The lowest BCUT2D eigenvalue weighted by Crippen LogP contribution is -1.93. The van der Waals surface area contributed by atoms with Crippen molar-refractivity contribution in [1.29, 1.82) is 0 Å². The predicted molar refractivity (Wildman–Crippen MR) is 49.0 cm³/mol. The minimum atomic E-state index is 0.377. The van der Waals surface area contributed by atoms with Gasteiger partial charge in [-0.05, 0) is 42.9 Å². The van der Waals surface area contributed by atoms with E-state index in [0.717, 1.165) is 17.4 Å². The van der Waals surface area contributed by atoms with Crippen LogP contribution in [0.3, 0.4) is 0 Å². The number of fused-ring (bicyclic) bond motifs is 1. The Morgan fingerprint density at radius 2 is 2.00 bits per heavy atom. The minimum absolute atomic E-state index is 0.377.